The molecule has 1 aromatic carbocycles. The first-order chi connectivity index (χ1) is 11.3. The van der Waals surface area contributed by atoms with Gasteiger partial charge in [0.25, 0.3) is 0 Å². The lowest BCUT2D eigenvalue weighted by Gasteiger charge is -2.07. The maximum absolute atomic E-state index is 5.97. The van der Waals surface area contributed by atoms with E-state index in [-0.39, 0.29) is 0 Å². The van der Waals surface area contributed by atoms with Gasteiger partial charge in [0, 0.05) is 15.5 Å². The summed E-state index contributed by atoms with van der Waals surface area (Å²) in [5, 5.41) is 1.81. The molecule has 4 rings (SSSR count). The third kappa shape index (κ3) is 2.69. The Hall–Kier alpha value is -1.69. The van der Waals surface area contributed by atoms with Crippen LogP contribution in [0.2, 0.25) is 5.02 Å². The van der Waals surface area contributed by atoms with Crippen molar-refractivity contribution >= 4 is 39.0 Å². The molecule has 0 saturated heterocycles. The Kier molecular flexibility index (Phi) is 3.93. The molecule has 0 aliphatic heterocycles. The molecule has 23 heavy (non-hydrogen) atoms. The number of halogens is 1. The van der Waals surface area contributed by atoms with Crippen molar-refractivity contribution in [2.75, 3.05) is 5.43 Å². The summed E-state index contributed by atoms with van der Waals surface area (Å²) in [6.07, 6.45) is 5.99. The van der Waals surface area contributed by atoms with Gasteiger partial charge < -0.3 is 5.43 Å². The van der Waals surface area contributed by atoms with Gasteiger partial charge in [-0.3, -0.25) is 0 Å². The number of rotatable bonds is 2. The molecule has 3 N–H and O–H groups in total. The Morgan fingerprint density at radius 2 is 1.83 bits per heavy atom. The van der Waals surface area contributed by atoms with Crippen LogP contribution in [0, 0.1) is 0 Å². The molecule has 3 aromatic rings. The maximum atomic E-state index is 5.97. The van der Waals surface area contributed by atoms with E-state index in [1.807, 2.05) is 24.3 Å². The largest absolute Gasteiger partial charge is 0.308 e. The maximum Gasteiger partial charge on any atom is 0.163 e. The van der Waals surface area contributed by atoms with Gasteiger partial charge in [-0.2, -0.15) is 0 Å². The minimum Gasteiger partial charge on any atom is -0.308 e. The van der Waals surface area contributed by atoms with Crippen LogP contribution in [0.3, 0.4) is 0 Å². The fourth-order valence-electron chi connectivity index (χ4n) is 3.17. The highest BCUT2D eigenvalue weighted by Gasteiger charge is 2.20. The van der Waals surface area contributed by atoms with Crippen molar-refractivity contribution in [1.29, 1.82) is 0 Å². The highest BCUT2D eigenvalue weighted by molar-refractivity contribution is 7.19. The molecule has 0 amide bonds. The quantitative estimate of drug-likeness (QED) is 0.406. The highest BCUT2D eigenvalue weighted by Crippen LogP contribution is 2.38. The van der Waals surface area contributed by atoms with Crippen molar-refractivity contribution in [2.45, 2.75) is 32.1 Å². The zero-order valence-electron chi connectivity index (χ0n) is 12.6. The number of aryl methyl sites for hydroxylation is 2. The number of thiophene rings is 1. The summed E-state index contributed by atoms with van der Waals surface area (Å²) in [5.41, 5.74) is 5.11. The number of nitrogens with zero attached hydrogens (tertiary/aromatic N) is 2. The second kappa shape index (κ2) is 6.07. The van der Waals surface area contributed by atoms with Gasteiger partial charge in [0.2, 0.25) is 0 Å². The molecule has 0 atom stereocenters. The predicted octanol–water partition coefficient (Wildman–Crippen LogP) is 4.57. The van der Waals surface area contributed by atoms with E-state index in [9.17, 15) is 0 Å². The Morgan fingerprint density at radius 1 is 1.04 bits per heavy atom. The van der Waals surface area contributed by atoms with Crippen molar-refractivity contribution in [1.82, 2.24) is 9.97 Å². The van der Waals surface area contributed by atoms with Crippen LogP contribution >= 0.6 is 22.9 Å². The third-order valence-electron chi connectivity index (χ3n) is 4.30. The van der Waals surface area contributed by atoms with Crippen molar-refractivity contribution in [2.24, 2.45) is 5.84 Å². The number of anilines is 1. The van der Waals surface area contributed by atoms with Gasteiger partial charge >= 0.3 is 0 Å². The van der Waals surface area contributed by atoms with E-state index in [1.54, 1.807) is 11.3 Å². The van der Waals surface area contributed by atoms with Crippen LogP contribution in [0.1, 0.15) is 29.7 Å². The molecule has 6 heteroatoms. The number of fused-ring (bicyclic) bond motifs is 3. The Morgan fingerprint density at radius 3 is 2.61 bits per heavy atom. The Labute approximate surface area is 143 Å². The minimum atomic E-state index is 0.679. The van der Waals surface area contributed by atoms with E-state index in [4.69, 9.17) is 22.4 Å². The van der Waals surface area contributed by atoms with Crippen LogP contribution in [0.15, 0.2) is 24.3 Å². The summed E-state index contributed by atoms with van der Waals surface area (Å²) in [5.74, 6) is 7.16. The number of benzene rings is 1. The summed E-state index contributed by atoms with van der Waals surface area (Å²) in [7, 11) is 0. The van der Waals surface area contributed by atoms with Gasteiger partial charge in [-0.1, -0.05) is 18.0 Å². The molecular formula is C17H17ClN4S. The van der Waals surface area contributed by atoms with Crippen molar-refractivity contribution < 1.29 is 0 Å². The fraction of sp³-hybridized carbons (Fsp3) is 0.294. The van der Waals surface area contributed by atoms with Gasteiger partial charge in [0.1, 0.15) is 4.83 Å². The molecule has 0 spiro atoms. The summed E-state index contributed by atoms with van der Waals surface area (Å²) < 4.78 is 0. The van der Waals surface area contributed by atoms with E-state index in [0.717, 1.165) is 34.4 Å². The second-order valence-corrected chi connectivity index (χ2v) is 7.31. The Bertz CT molecular complexity index is 857. The SMILES string of the molecule is NNc1nc(-c2ccc(Cl)cc2)nc2sc3c(c12)CCCCC3. The molecular weight excluding hydrogens is 328 g/mol. The number of hydrazine groups is 1. The van der Waals surface area contributed by atoms with Crippen LogP contribution in [-0.2, 0) is 12.8 Å². The number of hydrogen-bond donors (Lipinski definition) is 2. The first-order valence-corrected chi connectivity index (χ1v) is 9.00. The fourth-order valence-corrected chi connectivity index (χ4v) is 4.55. The van der Waals surface area contributed by atoms with E-state index >= 15 is 0 Å². The zero-order valence-corrected chi connectivity index (χ0v) is 14.2. The zero-order chi connectivity index (χ0) is 15.8. The van der Waals surface area contributed by atoms with Crippen molar-refractivity contribution in [3.8, 4) is 11.4 Å². The summed E-state index contributed by atoms with van der Waals surface area (Å²) >= 11 is 7.75. The topological polar surface area (TPSA) is 63.8 Å². The molecule has 0 bridgehead atoms. The number of hydrogen-bond acceptors (Lipinski definition) is 5. The van der Waals surface area contributed by atoms with Gasteiger partial charge in [-0.05, 0) is 55.5 Å². The van der Waals surface area contributed by atoms with Crippen LogP contribution in [-0.4, -0.2) is 9.97 Å². The first kappa shape index (κ1) is 14.9. The highest BCUT2D eigenvalue weighted by atomic mass is 35.5. The molecule has 2 aromatic heterocycles. The van der Waals surface area contributed by atoms with E-state index in [0.29, 0.717) is 10.8 Å². The molecule has 118 valence electrons. The standard InChI is InChI=1S/C17H17ClN4S/c18-11-8-6-10(7-9-11)15-20-16(22-19)14-12-4-2-1-3-5-13(12)23-17(14)21-15/h6-9H,1-5,19H2,(H,20,21,22). The third-order valence-corrected chi connectivity index (χ3v) is 5.74. The molecule has 4 nitrogen and oxygen atoms in total. The van der Waals surface area contributed by atoms with Crippen molar-refractivity contribution in [3.05, 3.63) is 39.7 Å². The van der Waals surface area contributed by atoms with E-state index < -0.39 is 0 Å². The van der Waals surface area contributed by atoms with Crippen LogP contribution in [0.25, 0.3) is 21.6 Å². The lowest BCUT2D eigenvalue weighted by atomic mass is 10.1. The lowest BCUT2D eigenvalue weighted by molar-refractivity contribution is 0.713. The number of nitrogens with two attached hydrogens (primary N) is 1. The summed E-state index contributed by atoms with van der Waals surface area (Å²) in [6.45, 7) is 0. The molecule has 2 heterocycles. The van der Waals surface area contributed by atoms with Crippen LogP contribution < -0.4 is 11.3 Å². The number of nitrogens with one attached hydrogen (secondary N) is 1. The van der Waals surface area contributed by atoms with Crippen LogP contribution in [0.4, 0.5) is 5.82 Å². The predicted molar refractivity (Wildman–Crippen MR) is 96.9 cm³/mol. The molecule has 0 fully saturated rings. The second-order valence-electron chi connectivity index (χ2n) is 5.79. The minimum absolute atomic E-state index is 0.679. The first-order valence-electron chi connectivity index (χ1n) is 7.81. The van der Waals surface area contributed by atoms with Gasteiger partial charge in [-0.15, -0.1) is 11.3 Å². The molecule has 0 saturated carbocycles. The van der Waals surface area contributed by atoms with Gasteiger partial charge in [0.05, 0.1) is 5.39 Å². The monoisotopic (exact) mass is 344 g/mol. The van der Waals surface area contributed by atoms with E-state index in [1.165, 1.54) is 29.7 Å². The van der Waals surface area contributed by atoms with Gasteiger partial charge in [-0.25, -0.2) is 15.8 Å². The number of aromatic nitrogens is 2. The smallest absolute Gasteiger partial charge is 0.163 e. The van der Waals surface area contributed by atoms with Crippen molar-refractivity contribution in [3.63, 3.8) is 0 Å². The Balaban J connectivity index is 1.91. The summed E-state index contributed by atoms with van der Waals surface area (Å²) in [4.78, 5) is 11.9. The average Bonchev–Trinajstić information content (AvgIpc) is 2.76. The van der Waals surface area contributed by atoms with Crippen LogP contribution in [0.5, 0.6) is 0 Å². The number of nitrogen functional groups attached to an aromatic ring is 1. The summed E-state index contributed by atoms with van der Waals surface area (Å²) in [6, 6.07) is 7.57. The lowest BCUT2D eigenvalue weighted by Crippen LogP contribution is -2.10. The average molecular weight is 345 g/mol. The van der Waals surface area contributed by atoms with Gasteiger partial charge in [0.15, 0.2) is 11.6 Å². The molecule has 1 aliphatic carbocycles. The normalized spacial score (nSPS) is 14.5. The molecule has 0 unspecified atom stereocenters. The molecule has 1 aliphatic rings. The van der Waals surface area contributed by atoms with E-state index in [2.05, 4.69) is 10.4 Å². The molecule has 0 radical (unpaired) electrons.